The summed E-state index contributed by atoms with van der Waals surface area (Å²) in [5, 5.41) is 3.02. The first kappa shape index (κ1) is 72.6. The Kier molecular flexibility index (Phi) is 51.8. The summed E-state index contributed by atoms with van der Waals surface area (Å²) < 4.78 is 30.6. The molecule has 0 aliphatic rings. The van der Waals surface area contributed by atoms with Crippen molar-refractivity contribution in [3.63, 3.8) is 0 Å². The molecule has 0 heterocycles. The summed E-state index contributed by atoms with van der Waals surface area (Å²) in [4.78, 5) is 37.6. The van der Waals surface area contributed by atoms with Crippen LogP contribution in [-0.2, 0) is 27.9 Å². The van der Waals surface area contributed by atoms with E-state index in [0.29, 0.717) is 23.9 Å². The molecule has 0 aromatic rings. The summed E-state index contributed by atoms with van der Waals surface area (Å²) in [6.07, 6.45) is 81.0. The van der Waals surface area contributed by atoms with Crippen molar-refractivity contribution in [3.05, 3.63) is 158 Å². The first-order valence-electron chi connectivity index (χ1n) is 29.9. The van der Waals surface area contributed by atoms with E-state index in [1.165, 1.54) is 44.9 Å². The number of esters is 1. The lowest BCUT2D eigenvalue weighted by Gasteiger charge is -2.27. The number of unbranched alkanes of at least 4 members (excludes halogenated alkanes) is 16. The Hall–Kier alpha value is -4.37. The van der Waals surface area contributed by atoms with Crippen LogP contribution in [0.4, 0.5) is 0 Å². The topological polar surface area (TPSA) is 111 Å². The van der Waals surface area contributed by atoms with Crippen LogP contribution >= 0.6 is 7.82 Å². The van der Waals surface area contributed by atoms with Crippen LogP contribution in [0.1, 0.15) is 201 Å². The Morgan fingerprint density at radius 1 is 0.481 bits per heavy atom. The van der Waals surface area contributed by atoms with E-state index in [1.807, 2.05) is 94.1 Å². The molecule has 77 heavy (non-hydrogen) atoms. The fraction of sp³-hybridized carbons (Fsp3) is 0.582. The molecule has 3 atom stereocenters. The average Bonchev–Trinajstić information content (AvgIpc) is 3.39. The van der Waals surface area contributed by atoms with Crippen molar-refractivity contribution in [2.24, 2.45) is 0 Å². The molecule has 3 unspecified atom stereocenters. The van der Waals surface area contributed by atoms with Gasteiger partial charge in [-0.05, 0) is 102 Å². The second-order valence-corrected chi connectivity index (χ2v) is 22.0. The maximum atomic E-state index is 13.5. The normalized spacial score (nSPS) is 14.8. The second-order valence-electron chi connectivity index (χ2n) is 20.6. The third-order valence-corrected chi connectivity index (χ3v) is 13.1. The number of likely N-dealkylation sites (N-methyl/N-ethyl adjacent to an activating group) is 1. The van der Waals surface area contributed by atoms with Gasteiger partial charge in [-0.3, -0.25) is 18.6 Å². The van der Waals surface area contributed by atoms with E-state index < -0.39 is 20.0 Å². The minimum absolute atomic E-state index is 0.0169. The van der Waals surface area contributed by atoms with Crippen LogP contribution in [0.5, 0.6) is 0 Å². The Labute approximate surface area is 471 Å². The summed E-state index contributed by atoms with van der Waals surface area (Å²) in [6, 6.07) is -0.893. The van der Waals surface area contributed by atoms with Crippen molar-refractivity contribution < 1.29 is 37.3 Å². The summed E-state index contributed by atoms with van der Waals surface area (Å²) in [5.74, 6) is -0.602. The van der Waals surface area contributed by atoms with Crippen molar-refractivity contribution in [1.82, 2.24) is 5.32 Å². The van der Waals surface area contributed by atoms with Crippen molar-refractivity contribution >= 4 is 19.7 Å². The zero-order valence-electron chi connectivity index (χ0n) is 49.4. The Bertz CT molecular complexity index is 1870. The molecular formula is C67H110N2O7P+. The van der Waals surface area contributed by atoms with Gasteiger partial charge in [0, 0.05) is 12.8 Å². The summed E-state index contributed by atoms with van der Waals surface area (Å²) in [5.41, 5.74) is 0. The molecule has 0 fully saturated rings. The molecule has 9 nitrogen and oxygen atoms in total. The molecule has 0 aromatic carbocycles. The first-order valence-corrected chi connectivity index (χ1v) is 31.4. The van der Waals surface area contributed by atoms with Gasteiger partial charge in [0.25, 0.3) is 0 Å². The number of phosphoric ester groups is 1. The maximum absolute atomic E-state index is 13.5. The van der Waals surface area contributed by atoms with E-state index >= 15 is 0 Å². The van der Waals surface area contributed by atoms with Crippen LogP contribution in [0.15, 0.2) is 158 Å². The van der Waals surface area contributed by atoms with Crippen LogP contribution in [0.2, 0.25) is 0 Å². The first-order chi connectivity index (χ1) is 37.4. The molecule has 0 aromatic heterocycles. The average molecular weight is 1090 g/mol. The fourth-order valence-electron chi connectivity index (χ4n) is 7.56. The molecule has 0 rings (SSSR count). The van der Waals surface area contributed by atoms with Crippen LogP contribution in [-0.4, -0.2) is 74.3 Å². The van der Waals surface area contributed by atoms with Crippen LogP contribution in [0.25, 0.3) is 0 Å². The minimum atomic E-state index is -4.48. The highest BCUT2D eigenvalue weighted by Crippen LogP contribution is 2.43. The zero-order valence-corrected chi connectivity index (χ0v) is 50.3. The molecule has 1 amide bonds. The van der Waals surface area contributed by atoms with Gasteiger partial charge in [0.15, 0.2) is 0 Å². The lowest BCUT2D eigenvalue weighted by Crippen LogP contribution is -2.47. The van der Waals surface area contributed by atoms with E-state index in [2.05, 4.69) is 111 Å². The van der Waals surface area contributed by atoms with Crippen molar-refractivity contribution in [1.29, 1.82) is 0 Å². The van der Waals surface area contributed by atoms with Gasteiger partial charge in [0.05, 0.1) is 33.8 Å². The van der Waals surface area contributed by atoms with Gasteiger partial charge in [0.2, 0.25) is 5.91 Å². The number of nitrogens with one attached hydrogen (secondary N) is 1. The molecule has 0 saturated heterocycles. The van der Waals surface area contributed by atoms with Gasteiger partial charge in [-0.1, -0.05) is 243 Å². The molecular weight excluding hydrogens is 976 g/mol. The van der Waals surface area contributed by atoms with Gasteiger partial charge in [0.1, 0.15) is 19.3 Å². The van der Waals surface area contributed by atoms with Crippen LogP contribution in [0, 0.1) is 0 Å². The number of hydrogen-bond donors (Lipinski definition) is 2. The standard InChI is InChI=1S/C67H109N2O7P/c1-7-10-13-16-19-22-25-27-29-31-32-33-34-35-36-38-39-41-44-47-50-53-56-59-66(70)68-64(63-75-77(72,73)74-62-61-69(4,5)6)65(58-55-52-49-46-43-24-21-18-15-12-9-3)76-67(71)60-57-54-51-48-45-42-40-37-30-28-26-23-20-17-14-11-8-2/h10-11,13-14,17,19-20,22-23,26-30,32-33,35-37,39-42,45,55,58,64-65H,7-9,12,15-16,18,21,24-25,31,34,38,43-44,46-54,56-57,59-63H2,1-6H3,(H-,68,70,72,73)/p+1/b13-10-,14-11-,20-17+,22-19-,26-23+,29-27-,30-28-,33-32-,36-35-,40-37+,41-39-,45-42+,58-55-. The van der Waals surface area contributed by atoms with E-state index in [4.69, 9.17) is 13.8 Å². The highest BCUT2D eigenvalue weighted by atomic mass is 31.2. The second kappa shape index (κ2) is 55.0. The molecule has 10 heteroatoms. The fourth-order valence-corrected chi connectivity index (χ4v) is 8.30. The van der Waals surface area contributed by atoms with Crippen LogP contribution in [0.3, 0.4) is 0 Å². The molecule has 0 spiro atoms. The van der Waals surface area contributed by atoms with Gasteiger partial charge >= 0.3 is 13.8 Å². The number of amides is 1. The minimum Gasteiger partial charge on any atom is -0.456 e. The Morgan fingerprint density at radius 3 is 1.42 bits per heavy atom. The smallest absolute Gasteiger partial charge is 0.456 e. The predicted molar refractivity (Wildman–Crippen MR) is 332 cm³/mol. The number of phosphoric acid groups is 1. The van der Waals surface area contributed by atoms with E-state index in [-0.39, 0.29) is 37.9 Å². The number of quaternary nitrogens is 1. The van der Waals surface area contributed by atoms with Gasteiger partial charge in [-0.25, -0.2) is 4.57 Å². The quantitative estimate of drug-likeness (QED) is 0.0156. The number of ether oxygens (including phenoxy) is 1. The van der Waals surface area contributed by atoms with Crippen molar-refractivity contribution in [2.45, 2.75) is 213 Å². The maximum Gasteiger partial charge on any atom is 0.472 e. The number of carbonyl (C=O) groups excluding carboxylic acids is 2. The number of allylic oxidation sites excluding steroid dienone is 25. The number of carbonyl (C=O) groups is 2. The molecule has 0 radical (unpaired) electrons. The summed E-state index contributed by atoms with van der Waals surface area (Å²) >= 11 is 0. The van der Waals surface area contributed by atoms with E-state index in [0.717, 1.165) is 109 Å². The third kappa shape index (κ3) is 56.2. The lowest BCUT2D eigenvalue weighted by atomic mass is 10.1. The lowest BCUT2D eigenvalue weighted by molar-refractivity contribution is -0.870. The molecule has 0 aliphatic carbocycles. The van der Waals surface area contributed by atoms with Crippen molar-refractivity contribution in [3.8, 4) is 0 Å². The van der Waals surface area contributed by atoms with Crippen molar-refractivity contribution in [2.75, 3.05) is 40.9 Å². The highest BCUT2D eigenvalue weighted by Gasteiger charge is 2.30. The molecule has 434 valence electrons. The summed E-state index contributed by atoms with van der Waals surface area (Å²) in [7, 11) is 1.42. The van der Waals surface area contributed by atoms with Gasteiger partial charge in [-0.15, -0.1) is 0 Å². The molecule has 0 aliphatic heterocycles. The molecule has 2 N–H and O–H groups in total. The Balaban J connectivity index is 5.39. The van der Waals surface area contributed by atoms with E-state index in [1.54, 1.807) is 0 Å². The number of hydrogen-bond acceptors (Lipinski definition) is 6. The molecule has 0 bridgehead atoms. The van der Waals surface area contributed by atoms with Crippen LogP contribution < -0.4 is 5.32 Å². The largest absolute Gasteiger partial charge is 0.472 e. The Morgan fingerprint density at radius 2 is 0.896 bits per heavy atom. The van der Waals surface area contributed by atoms with Gasteiger partial charge in [-0.2, -0.15) is 0 Å². The molecule has 0 saturated carbocycles. The predicted octanol–water partition coefficient (Wildman–Crippen LogP) is 18.4. The SMILES string of the molecule is CC\C=C/C=C/C=C/C=C\C=C\C=C\CCCCCC(=O)OC(/C=C\CCCCCCCCCCC)C(COP(=O)(O)OCC[N+](C)(C)C)NC(=O)CCCCCC/C=C\C/C=C\C/C=C\C/C=C\C/C=C\C/C=C\CC. The zero-order chi connectivity index (χ0) is 56.4. The monoisotopic (exact) mass is 1090 g/mol. The number of nitrogens with zero attached hydrogens (tertiary/aromatic N) is 1. The number of rotatable bonds is 51. The summed E-state index contributed by atoms with van der Waals surface area (Å²) in [6.45, 7) is 6.66. The third-order valence-electron chi connectivity index (χ3n) is 12.1. The highest BCUT2D eigenvalue weighted by molar-refractivity contribution is 7.47. The van der Waals surface area contributed by atoms with E-state index in [9.17, 15) is 19.0 Å². The van der Waals surface area contributed by atoms with Gasteiger partial charge < -0.3 is 19.4 Å².